The van der Waals surface area contributed by atoms with Gasteiger partial charge in [-0.1, -0.05) is 0 Å². The fraction of sp³-hybridized carbons (Fsp3) is 0. The summed E-state index contributed by atoms with van der Waals surface area (Å²) in [6.45, 7) is 0. The van der Waals surface area contributed by atoms with E-state index in [4.69, 9.17) is 10.8 Å². The molecule has 0 atom stereocenters. The molecule has 2 aromatic rings. The van der Waals surface area contributed by atoms with E-state index in [2.05, 4.69) is 0 Å². The quantitative estimate of drug-likeness (QED) is 0.333. The van der Waals surface area contributed by atoms with Crippen molar-refractivity contribution in [1.29, 1.82) is 0 Å². The van der Waals surface area contributed by atoms with E-state index in [0.29, 0.717) is 0 Å². The summed E-state index contributed by atoms with van der Waals surface area (Å²) in [5, 5.41) is 6.26. The predicted octanol–water partition coefficient (Wildman–Crippen LogP) is 2.96. The van der Waals surface area contributed by atoms with E-state index in [1.165, 1.54) is 0 Å². The predicted molar refractivity (Wildman–Crippen MR) is 49.8 cm³/mol. The van der Waals surface area contributed by atoms with Gasteiger partial charge in [-0.15, -0.1) is 0 Å². The Balaban J connectivity index is 3.22. The van der Waals surface area contributed by atoms with Crippen molar-refractivity contribution in [1.82, 2.24) is 0 Å². The second-order valence-electron chi connectivity index (χ2n) is 3.40. The van der Waals surface area contributed by atoms with Crippen LogP contribution in [-0.2, 0) is 0 Å². The Kier molecular flexibility index (Phi) is 2.53. The molecule has 3 N–H and O–H groups in total. The molecule has 0 saturated heterocycles. The number of benzene rings is 2. The molecule has 0 saturated carbocycles. The average Bonchev–Trinajstić information content (AvgIpc) is 2.35. The lowest BCUT2D eigenvalue weighted by molar-refractivity contribution is 0.406. The molecule has 0 fully saturated rings. The van der Waals surface area contributed by atoms with Gasteiger partial charge in [0, 0.05) is 0 Å². The molecule has 18 heavy (non-hydrogen) atoms. The lowest BCUT2D eigenvalue weighted by Gasteiger charge is -2.10. The fourth-order valence-corrected chi connectivity index (χ4v) is 1.53. The first kappa shape index (κ1) is 12.3. The lowest BCUT2D eigenvalue weighted by atomic mass is 10.1. The van der Waals surface area contributed by atoms with Gasteiger partial charge in [-0.3, -0.25) is 0 Å². The average molecular weight is 267 g/mol. The summed E-state index contributed by atoms with van der Waals surface area (Å²) in [4.78, 5) is 0. The van der Waals surface area contributed by atoms with E-state index < -0.39 is 57.1 Å². The standard InChI is InChI=1S/C10H3F6NO/c11-3-1-2(4(12)7(15)6(3)14)10(18)8(16)9(17)5(1)13/h18H,17H2. The van der Waals surface area contributed by atoms with Crippen molar-refractivity contribution < 1.29 is 31.4 Å². The second-order valence-corrected chi connectivity index (χ2v) is 3.40. The first-order valence-electron chi connectivity index (χ1n) is 4.40. The van der Waals surface area contributed by atoms with Crippen LogP contribution in [0.5, 0.6) is 5.75 Å². The maximum absolute atomic E-state index is 13.4. The highest BCUT2D eigenvalue weighted by molar-refractivity contribution is 5.93. The van der Waals surface area contributed by atoms with Crippen LogP contribution in [0.2, 0.25) is 0 Å². The first-order valence-corrected chi connectivity index (χ1v) is 4.40. The van der Waals surface area contributed by atoms with Crippen molar-refractivity contribution in [3.05, 3.63) is 34.9 Å². The van der Waals surface area contributed by atoms with Crippen molar-refractivity contribution in [3.8, 4) is 5.75 Å². The molecule has 96 valence electrons. The van der Waals surface area contributed by atoms with Crippen LogP contribution in [0.15, 0.2) is 0 Å². The molecule has 0 spiro atoms. The summed E-state index contributed by atoms with van der Waals surface area (Å²) in [5.41, 5.74) is 3.51. The molecule has 0 aliphatic carbocycles. The fourth-order valence-electron chi connectivity index (χ4n) is 1.53. The molecule has 0 unspecified atom stereocenters. The SMILES string of the molecule is Nc1c(F)c(O)c2c(F)c(F)c(F)c(F)c2c1F. The second kappa shape index (κ2) is 3.69. The van der Waals surface area contributed by atoms with Crippen LogP contribution >= 0.6 is 0 Å². The van der Waals surface area contributed by atoms with E-state index in [0.717, 1.165) is 0 Å². The highest BCUT2D eigenvalue weighted by atomic mass is 19.2. The van der Waals surface area contributed by atoms with E-state index in [-0.39, 0.29) is 0 Å². The van der Waals surface area contributed by atoms with Gasteiger partial charge in [0.2, 0.25) is 0 Å². The molecular formula is C10H3F6NO. The molecule has 0 amide bonds. The molecule has 0 aliphatic heterocycles. The Labute approximate surface area is 95.2 Å². The number of rotatable bonds is 0. The molecule has 2 rings (SSSR count). The smallest absolute Gasteiger partial charge is 0.198 e. The van der Waals surface area contributed by atoms with E-state index in [9.17, 15) is 26.3 Å². The van der Waals surface area contributed by atoms with E-state index >= 15 is 0 Å². The minimum absolute atomic E-state index is 1.33. The monoisotopic (exact) mass is 267 g/mol. The number of phenols is 1. The van der Waals surface area contributed by atoms with Crippen molar-refractivity contribution in [2.45, 2.75) is 0 Å². The molecule has 0 aromatic heterocycles. The van der Waals surface area contributed by atoms with Crippen LogP contribution in [0, 0.1) is 34.9 Å². The number of anilines is 1. The van der Waals surface area contributed by atoms with Gasteiger partial charge in [-0.25, -0.2) is 26.3 Å². The van der Waals surface area contributed by atoms with Crippen LogP contribution in [0.3, 0.4) is 0 Å². The maximum Gasteiger partial charge on any atom is 0.198 e. The van der Waals surface area contributed by atoms with E-state index in [1.807, 2.05) is 0 Å². The van der Waals surface area contributed by atoms with Crippen LogP contribution in [0.1, 0.15) is 0 Å². The topological polar surface area (TPSA) is 46.2 Å². The zero-order valence-corrected chi connectivity index (χ0v) is 8.29. The molecule has 2 nitrogen and oxygen atoms in total. The van der Waals surface area contributed by atoms with Crippen molar-refractivity contribution >= 4 is 16.5 Å². The molecule has 0 aliphatic rings. The first-order chi connectivity index (χ1) is 8.29. The molecule has 8 heteroatoms. The Morgan fingerprint density at radius 3 is 1.56 bits per heavy atom. The molecule has 2 aromatic carbocycles. The Bertz CT molecular complexity index is 571. The summed E-state index contributed by atoms with van der Waals surface area (Å²) >= 11 is 0. The number of nitrogen functional groups attached to an aromatic ring is 1. The van der Waals surface area contributed by atoms with Crippen LogP contribution < -0.4 is 5.73 Å². The zero-order chi connectivity index (χ0) is 13.8. The van der Waals surface area contributed by atoms with Gasteiger partial charge in [0.05, 0.1) is 10.8 Å². The summed E-state index contributed by atoms with van der Waals surface area (Å²) in [6.07, 6.45) is 0. The van der Waals surface area contributed by atoms with Gasteiger partial charge in [0.15, 0.2) is 40.7 Å². The third kappa shape index (κ3) is 1.31. The summed E-state index contributed by atoms with van der Waals surface area (Å²) < 4.78 is 78.9. The molecular weight excluding hydrogens is 264 g/mol. The number of phenolic OH excluding ortho intramolecular Hbond substituents is 1. The number of hydrogen-bond donors (Lipinski definition) is 2. The van der Waals surface area contributed by atoms with Gasteiger partial charge in [-0.05, 0) is 0 Å². The number of halogens is 6. The number of aromatic hydroxyl groups is 1. The van der Waals surface area contributed by atoms with Crippen molar-refractivity contribution in [3.63, 3.8) is 0 Å². The summed E-state index contributed by atoms with van der Waals surface area (Å²) in [7, 11) is 0. The highest BCUT2D eigenvalue weighted by Gasteiger charge is 2.29. The molecule has 0 bridgehead atoms. The highest BCUT2D eigenvalue weighted by Crippen LogP contribution is 2.39. The van der Waals surface area contributed by atoms with E-state index in [1.54, 1.807) is 0 Å². The number of hydrogen-bond acceptors (Lipinski definition) is 2. The van der Waals surface area contributed by atoms with Crippen molar-refractivity contribution in [2.75, 3.05) is 5.73 Å². The van der Waals surface area contributed by atoms with Gasteiger partial charge < -0.3 is 10.8 Å². The van der Waals surface area contributed by atoms with Gasteiger partial charge >= 0.3 is 0 Å². The largest absolute Gasteiger partial charge is 0.504 e. The number of nitrogens with two attached hydrogens (primary N) is 1. The summed E-state index contributed by atoms with van der Waals surface area (Å²) in [5.74, 6) is -14.0. The lowest BCUT2D eigenvalue weighted by Crippen LogP contribution is -2.04. The minimum atomic E-state index is -2.29. The third-order valence-electron chi connectivity index (χ3n) is 2.40. The normalized spacial score (nSPS) is 11.2. The van der Waals surface area contributed by atoms with Gasteiger partial charge in [0.25, 0.3) is 0 Å². The maximum atomic E-state index is 13.4. The van der Waals surface area contributed by atoms with Crippen LogP contribution in [-0.4, -0.2) is 5.11 Å². The van der Waals surface area contributed by atoms with Gasteiger partial charge in [0.1, 0.15) is 5.69 Å². The van der Waals surface area contributed by atoms with Crippen molar-refractivity contribution in [2.24, 2.45) is 0 Å². The Morgan fingerprint density at radius 1 is 0.611 bits per heavy atom. The molecule has 0 radical (unpaired) electrons. The zero-order valence-electron chi connectivity index (χ0n) is 8.29. The number of fused-ring (bicyclic) bond motifs is 1. The Morgan fingerprint density at radius 2 is 1.06 bits per heavy atom. The van der Waals surface area contributed by atoms with Crippen LogP contribution in [0.4, 0.5) is 32.0 Å². The van der Waals surface area contributed by atoms with Gasteiger partial charge in [-0.2, -0.15) is 0 Å². The molecule has 0 heterocycles. The Hall–Kier alpha value is -2.12. The van der Waals surface area contributed by atoms with Crippen LogP contribution in [0.25, 0.3) is 10.8 Å². The minimum Gasteiger partial charge on any atom is -0.504 e. The third-order valence-corrected chi connectivity index (χ3v) is 2.40. The summed E-state index contributed by atoms with van der Waals surface area (Å²) in [6, 6.07) is 0.